The lowest BCUT2D eigenvalue weighted by Crippen LogP contribution is -2.39. The van der Waals surface area contributed by atoms with Gasteiger partial charge in [-0.05, 0) is 30.2 Å². The molecule has 1 atom stereocenters. The minimum Gasteiger partial charge on any atom is -0.313 e. The van der Waals surface area contributed by atoms with Crippen LogP contribution >= 0.6 is 11.8 Å². The summed E-state index contributed by atoms with van der Waals surface area (Å²) in [5, 5.41) is -0.152. The smallest absolute Gasteiger partial charge is 0.240 e. The Morgan fingerprint density at radius 2 is 1.95 bits per heavy atom. The first-order chi connectivity index (χ1) is 9.65. The number of benzene rings is 2. The Bertz CT molecular complexity index is 644. The largest absolute Gasteiger partial charge is 0.313 e. The molecule has 0 N–H and O–H groups in total. The molecule has 2 aromatic carbocycles. The molecule has 1 heterocycles. The summed E-state index contributed by atoms with van der Waals surface area (Å²) < 4.78 is 13.3. The maximum Gasteiger partial charge on any atom is 0.240 e. The molecule has 1 aliphatic rings. The first kappa shape index (κ1) is 13.2. The highest BCUT2D eigenvalue weighted by atomic mass is 32.2. The number of thioether (sulfide) groups is 1. The highest BCUT2D eigenvalue weighted by molar-refractivity contribution is 8.01. The molecule has 1 amide bonds. The standard InChI is InChI=1S/C16H14FNOS/c1-18-13-10-12(17)7-8-14(13)20-15(16(18)19)9-11-5-3-2-4-6-11/h2-8,10,15H,9H2,1H3. The zero-order chi connectivity index (χ0) is 14.1. The first-order valence-electron chi connectivity index (χ1n) is 6.43. The van der Waals surface area contributed by atoms with Crippen molar-refractivity contribution in [2.24, 2.45) is 0 Å². The van der Waals surface area contributed by atoms with E-state index in [4.69, 9.17) is 0 Å². The normalized spacial score (nSPS) is 18.0. The third-order valence-corrected chi connectivity index (χ3v) is 4.67. The van der Waals surface area contributed by atoms with Crippen LogP contribution in [0.15, 0.2) is 53.4 Å². The molecular weight excluding hydrogens is 273 g/mol. The lowest BCUT2D eigenvalue weighted by Gasteiger charge is -2.31. The Hall–Kier alpha value is -1.81. The van der Waals surface area contributed by atoms with E-state index in [0.717, 1.165) is 10.5 Å². The van der Waals surface area contributed by atoms with Crippen LogP contribution in [-0.2, 0) is 11.2 Å². The van der Waals surface area contributed by atoms with Gasteiger partial charge < -0.3 is 4.90 Å². The molecule has 1 unspecified atom stereocenters. The van der Waals surface area contributed by atoms with Crippen LogP contribution in [-0.4, -0.2) is 18.2 Å². The Balaban J connectivity index is 1.89. The number of carbonyl (C=O) groups is 1. The summed E-state index contributed by atoms with van der Waals surface area (Å²) in [7, 11) is 1.71. The maximum atomic E-state index is 13.3. The molecule has 2 aromatic rings. The first-order valence-corrected chi connectivity index (χ1v) is 7.31. The predicted molar refractivity (Wildman–Crippen MR) is 79.6 cm³/mol. The van der Waals surface area contributed by atoms with Gasteiger partial charge in [0.2, 0.25) is 5.91 Å². The predicted octanol–water partition coefficient (Wildman–Crippen LogP) is 3.51. The minimum atomic E-state index is -0.314. The van der Waals surface area contributed by atoms with Crippen molar-refractivity contribution in [3.8, 4) is 0 Å². The van der Waals surface area contributed by atoms with Crippen LogP contribution in [0.1, 0.15) is 5.56 Å². The highest BCUT2D eigenvalue weighted by Gasteiger charge is 2.31. The number of amides is 1. The van der Waals surface area contributed by atoms with Gasteiger partial charge in [0.1, 0.15) is 5.82 Å². The van der Waals surface area contributed by atoms with Gasteiger partial charge in [-0.15, -0.1) is 11.8 Å². The molecule has 3 rings (SSSR count). The van der Waals surface area contributed by atoms with Crippen molar-refractivity contribution in [1.82, 2.24) is 0 Å². The van der Waals surface area contributed by atoms with Gasteiger partial charge in [0, 0.05) is 11.9 Å². The summed E-state index contributed by atoms with van der Waals surface area (Å²) in [6.45, 7) is 0. The molecule has 20 heavy (non-hydrogen) atoms. The van der Waals surface area contributed by atoms with E-state index in [1.165, 1.54) is 23.9 Å². The van der Waals surface area contributed by atoms with Crippen molar-refractivity contribution < 1.29 is 9.18 Å². The maximum absolute atomic E-state index is 13.3. The van der Waals surface area contributed by atoms with Gasteiger partial charge >= 0.3 is 0 Å². The van der Waals surface area contributed by atoms with Crippen LogP contribution in [0.3, 0.4) is 0 Å². The second-order valence-electron chi connectivity index (χ2n) is 4.81. The van der Waals surface area contributed by atoms with Crippen molar-refractivity contribution in [1.29, 1.82) is 0 Å². The van der Waals surface area contributed by atoms with Gasteiger partial charge in [0.25, 0.3) is 0 Å². The summed E-state index contributed by atoms with van der Waals surface area (Å²) in [6, 6.07) is 14.6. The van der Waals surface area contributed by atoms with Gasteiger partial charge in [-0.2, -0.15) is 0 Å². The van der Waals surface area contributed by atoms with E-state index in [2.05, 4.69) is 0 Å². The summed E-state index contributed by atoms with van der Waals surface area (Å²) in [5.41, 5.74) is 1.79. The molecule has 2 nitrogen and oxygen atoms in total. The number of carbonyl (C=O) groups excluding carboxylic acids is 1. The highest BCUT2D eigenvalue weighted by Crippen LogP contribution is 2.39. The van der Waals surface area contributed by atoms with Gasteiger partial charge in [0.05, 0.1) is 10.9 Å². The van der Waals surface area contributed by atoms with Crippen molar-refractivity contribution in [2.75, 3.05) is 11.9 Å². The van der Waals surface area contributed by atoms with E-state index in [-0.39, 0.29) is 17.0 Å². The number of fused-ring (bicyclic) bond motifs is 1. The van der Waals surface area contributed by atoms with Crippen LogP contribution in [0, 0.1) is 5.82 Å². The summed E-state index contributed by atoms with van der Waals surface area (Å²) in [5.74, 6) is -0.289. The number of halogens is 1. The fourth-order valence-corrected chi connectivity index (χ4v) is 3.65. The monoisotopic (exact) mass is 287 g/mol. The number of anilines is 1. The summed E-state index contributed by atoms with van der Waals surface area (Å²) >= 11 is 1.51. The average Bonchev–Trinajstić information content (AvgIpc) is 2.46. The fraction of sp³-hybridized carbons (Fsp3) is 0.188. The fourth-order valence-electron chi connectivity index (χ4n) is 2.35. The quantitative estimate of drug-likeness (QED) is 0.842. The lowest BCUT2D eigenvalue weighted by molar-refractivity contribution is -0.117. The number of hydrogen-bond donors (Lipinski definition) is 0. The van der Waals surface area contributed by atoms with E-state index in [1.807, 2.05) is 30.3 Å². The average molecular weight is 287 g/mol. The third kappa shape index (κ3) is 2.43. The Labute approximate surface area is 121 Å². The molecule has 0 saturated heterocycles. The Morgan fingerprint density at radius 3 is 2.70 bits per heavy atom. The SMILES string of the molecule is CN1C(=O)C(Cc2ccccc2)Sc2ccc(F)cc21. The van der Waals surface area contributed by atoms with Crippen molar-refractivity contribution in [3.63, 3.8) is 0 Å². The molecule has 0 radical (unpaired) electrons. The van der Waals surface area contributed by atoms with Crippen LogP contribution in [0.2, 0.25) is 0 Å². The summed E-state index contributed by atoms with van der Waals surface area (Å²) in [4.78, 5) is 14.9. The molecule has 0 saturated carbocycles. The van der Waals surface area contributed by atoms with Gasteiger partial charge in [-0.25, -0.2) is 4.39 Å². The number of rotatable bonds is 2. The van der Waals surface area contributed by atoms with Gasteiger partial charge in [0.15, 0.2) is 0 Å². The van der Waals surface area contributed by atoms with Crippen molar-refractivity contribution >= 4 is 23.4 Å². The topological polar surface area (TPSA) is 20.3 Å². The third-order valence-electron chi connectivity index (χ3n) is 3.42. The van der Waals surface area contributed by atoms with E-state index < -0.39 is 0 Å². The molecule has 0 fully saturated rings. The molecule has 0 bridgehead atoms. The zero-order valence-corrected chi connectivity index (χ0v) is 11.9. The number of nitrogens with zero attached hydrogens (tertiary/aromatic N) is 1. The van der Waals surface area contributed by atoms with E-state index in [1.54, 1.807) is 18.0 Å². The molecule has 0 aliphatic carbocycles. The van der Waals surface area contributed by atoms with Crippen LogP contribution in [0.4, 0.5) is 10.1 Å². The number of hydrogen-bond acceptors (Lipinski definition) is 2. The van der Waals surface area contributed by atoms with E-state index in [0.29, 0.717) is 12.1 Å². The van der Waals surface area contributed by atoms with Gasteiger partial charge in [-0.3, -0.25) is 4.79 Å². The van der Waals surface area contributed by atoms with E-state index >= 15 is 0 Å². The molecule has 4 heteroatoms. The second-order valence-corrected chi connectivity index (χ2v) is 6.05. The Kier molecular flexibility index (Phi) is 3.49. The Morgan fingerprint density at radius 1 is 1.20 bits per heavy atom. The van der Waals surface area contributed by atoms with Crippen LogP contribution in [0.5, 0.6) is 0 Å². The van der Waals surface area contributed by atoms with Crippen LogP contribution in [0.25, 0.3) is 0 Å². The summed E-state index contributed by atoms with van der Waals surface area (Å²) in [6.07, 6.45) is 0.686. The second kappa shape index (κ2) is 5.29. The minimum absolute atomic E-state index is 0.0250. The van der Waals surface area contributed by atoms with E-state index in [9.17, 15) is 9.18 Å². The molecule has 0 aromatic heterocycles. The van der Waals surface area contributed by atoms with Crippen molar-refractivity contribution in [3.05, 3.63) is 59.9 Å². The van der Waals surface area contributed by atoms with Crippen molar-refractivity contribution in [2.45, 2.75) is 16.6 Å². The van der Waals surface area contributed by atoms with Crippen LogP contribution < -0.4 is 4.90 Å². The van der Waals surface area contributed by atoms with Gasteiger partial charge in [-0.1, -0.05) is 30.3 Å². The molecule has 0 spiro atoms. The zero-order valence-electron chi connectivity index (χ0n) is 11.0. The molecule has 102 valence electrons. The molecule has 1 aliphatic heterocycles. The lowest BCUT2D eigenvalue weighted by atomic mass is 10.1. The molecular formula is C16H14FNOS.